The highest BCUT2D eigenvalue weighted by Crippen LogP contribution is 2.22. The highest BCUT2D eigenvalue weighted by atomic mass is 19.1. The van der Waals surface area contributed by atoms with Crippen LogP contribution in [0.2, 0.25) is 0 Å². The van der Waals surface area contributed by atoms with Crippen LogP contribution in [0.3, 0.4) is 0 Å². The molecule has 0 bridgehead atoms. The maximum absolute atomic E-state index is 12.7. The standard InChI is InChI=1S/C15H11FO2/c16-12-5-7-13(8-6-12)17-9-11-10-18-15-4-2-1-3-14(11)15/h1-8,10H,9H2. The van der Waals surface area contributed by atoms with Crippen LogP contribution in [0.25, 0.3) is 11.0 Å². The van der Waals surface area contributed by atoms with Crippen LogP contribution in [0, 0.1) is 5.82 Å². The number of hydrogen-bond acceptors (Lipinski definition) is 2. The Morgan fingerprint density at radius 2 is 1.78 bits per heavy atom. The van der Waals surface area contributed by atoms with E-state index in [0.717, 1.165) is 16.5 Å². The topological polar surface area (TPSA) is 22.4 Å². The number of hydrogen-bond donors (Lipinski definition) is 0. The predicted molar refractivity (Wildman–Crippen MR) is 66.9 cm³/mol. The summed E-state index contributed by atoms with van der Waals surface area (Å²) < 4.78 is 23.7. The van der Waals surface area contributed by atoms with Crippen molar-refractivity contribution in [2.45, 2.75) is 6.61 Å². The molecule has 0 saturated carbocycles. The molecule has 2 nitrogen and oxygen atoms in total. The molecule has 0 aliphatic rings. The molecule has 2 aromatic carbocycles. The molecule has 0 fully saturated rings. The van der Waals surface area contributed by atoms with Gasteiger partial charge in [0.05, 0.1) is 6.26 Å². The maximum atomic E-state index is 12.7. The van der Waals surface area contributed by atoms with Crippen LogP contribution in [0.5, 0.6) is 5.75 Å². The third kappa shape index (κ3) is 2.07. The van der Waals surface area contributed by atoms with Crippen LogP contribution in [0.15, 0.2) is 59.2 Å². The molecule has 0 radical (unpaired) electrons. The Balaban J connectivity index is 1.79. The number of halogens is 1. The molecule has 90 valence electrons. The normalized spacial score (nSPS) is 10.7. The number of ether oxygens (including phenoxy) is 1. The van der Waals surface area contributed by atoms with Gasteiger partial charge in [-0.1, -0.05) is 18.2 Å². The number of para-hydroxylation sites is 1. The minimum absolute atomic E-state index is 0.267. The lowest BCUT2D eigenvalue weighted by Gasteiger charge is -2.04. The second-order valence-corrected chi connectivity index (χ2v) is 4.00. The third-order valence-electron chi connectivity index (χ3n) is 2.77. The quantitative estimate of drug-likeness (QED) is 0.688. The average molecular weight is 242 g/mol. The van der Waals surface area contributed by atoms with Crippen molar-refractivity contribution >= 4 is 11.0 Å². The van der Waals surface area contributed by atoms with E-state index in [4.69, 9.17) is 9.15 Å². The van der Waals surface area contributed by atoms with Crippen molar-refractivity contribution in [2.24, 2.45) is 0 Å². The summed E-state index contributed by atoms with van der Waals surface area (Å²) in [6.07, 6.45) is 1.69. The molecule has 0 N–H and O–H groups in total. The van der Waals surface area contributed by atoms with Gasteiger partial charge >= 0.3 is 0 Å². The Morgan fingerprint density at radius 1 is 1.00 bits per heavy atom. The van der Waals surface area contributed by atoms with Gasteiger partial charge in [0.15, 0.2) is 0 Å². The highest BCUT2D eigenvalue weighted by molar-refractivity contribution is 5.80. The van der Waals surface area contributed by atoms with E-state index in [0.29, 0.717) is 12.4 Å². The Bertz CT molecular complexity index is 656. The molecule has 0 saturated heterocycles. The van der Waals surface area contributed by atoms with E-state index in [1.807, 2.05) is 24.3 Å². The lowest BCUT2D eigenvalue weighted by molar-refractivity contribution is 0.305. The predicted octanol–water partition coefficient (Wildman–Crippen LogP) is 4.15. The average Bonchev–Trinajstić information content (AvgIpc) is 2.82. The first kappa shape index (κ1) is 10.8. The molecule has 0 amide bonds. The fraction of sp³-hybridized carbons (Fsp3) is 0.0667. The molecule has 0 aliphatic heterocycles. The summed E-state index contributed by atoms with van der Waals surface area (Å²) in [7, 11) is 0. The highest BCUT2D eigenvalue weighted by Gasteiger charge is 2.05. The van der Waals surface area contributed by atoms with E-state index in [-0.39, 0.29) is 5.82 Å². The summed E-state index contributed by atoms with van der Waals surface area (Å²) in [5.41, 5.74) is 1.82. The fourth-order valence-corrected chi connectivity index (χ4v) is 1.84. The van der Waals surface area contributed by atoms with Gasteiger partial charge in [0.1, 0.15) is 23.8 Å². The van der Waals surface area contributed by atoms with Gasteiger partial charge in [0.2, 0.25) is 0 Å². The molecule has 1 heterocycles. The lowest BCUT2D eigenvalue weighted by atomic mass is 10.2. The molecule has 0 spiro atoms. The first-order valence-electron chi connectivity index (χ1n) is 5.66. The molecule has 3 heteroatoms. The summed E-state index contributed by atoms with van der Waals surface area (Å²) >= 11 is 0. The van der Waals surface area contributed by atoms with E-state index in [1.54, 1.807) is 18.4 Å². The minimum Gasteiger partial charge on any atom is -0.489 e. The summed E-state index contributed by atoms with van der Waals surface area (Å²) in [6, 6.07) is 13.8. The van der Waals surface area contributed by atoms with Crippen LogP contribution in [0.4, 0.5) is 4.39 Å². The smallest absolute Gasteiger partial charge is 0.134 e. The first-order chi connectivity index (χ1) is 8.83. The maximum Gasteiger partial charge on any atom is 0.134 e. The van der Waals surface area contributed by atoms with Gasteiger partial charge in [0.25, 0.3) is 0 Å². The molecule has 0 aliphatic carbocycles. The van der Waals surface area contributed by atoms with Crippen LogP contribution >= 0.6 is 0 Å². The summed E-state index contributed by atoms with van der Waals surface area (Å²) in [5.74, 6) is 0.373. The first-order valence-corrected chi connectivity index (χ1v) is 5.66. The molecule has 18 heavy (non-hydrogen) atoms. The summed E-state index contributed by atoms with van der Waals surface area (Å²) in [6.45, 7) is 0.405. The van der Waals surface area contributed by atoms with Gasteiger partial charge in [0, 0.05) is 10.9 Å². The number of rotatable bonds is 3. The molecule has 0 unspecified atom stereocenters. The molecule has 3 aromatic rings. The number of furan rings is 1. The molecular formula is C15H11FO2. The number of fused-ring (bicyclic) bond motifs is 1. The molecule has 0 atom stereocenters. The van der Waals surface area contributed by atoms with Crippen LogP contribution in [-0.4, -0.2) is 0 Å². The fourth-order valence-electron chi connectivity index (χ4n) is 1.84. The Hall–Kier alpha value is -2.29. The van der Waals surface area contributed by atoms with E-state index < -0.39 is 0 Å². The van der Waals surface area contributed by atoms with Crippen molar-refractivity contribution in [1.29, 1.82) is 0 Å². The van der Waals surface area contributed by atoms with Gasteiger partial charge in [-0.3, -0.25) is 0 Å². The van der Waals surface area contributed by atoms with E-state index in [9.17, 15) is 4.39 Å². The lowest BCUT2D eigenvalue weighted by Crippen LogP contribution is -1.94. The molecular weight excluding hydrogens is 231 g/mol. The second kappa shape index (κ2) is 4.53. The van der Waals surface area contributed by atoms with E-state index in [2.05, 4.69) is 0 Å². The largest absolute Gasteiger partial charge is 0.489 e. The molecule has 3 rings (SSSR count). The Labute approximate surface area is 104 Å². The summed E-state index contributed by atoms with van der Waals surface area (Å²) in [5, 5.41) is 1.04. The van der Waals surface area contributed by atoms with Crippen LogP contribution < -0.4 is 4.74 Å². The Kier molecular flexibility index (Phi) is 2.73. The number of benzene rings is 2. The monoisotopic (exact) mass is 242 g/mol. The van der Waals surface area contributed by atoms with E-state index in [1.165, 1.54) is 12.1 Å². The minimum atomic E-state index is -0.267. The zero-order chi connectivity index (χ0) is 12.4. The SMILES string of the molecule is Fc1ccc(OCc2coc3ccccc23)cc1. The Morgan fingerprint density at radius 3 is 2.61 bits per heavy atom. The van der Waals surface area contributed by atoms with Crippen molar-refractivity contribution in [3.8, 4) is 5.75 Å². The van der Waals surface area contributed by atoms with Crippen molar-refractivity contribution in [3.05, 3.63) is 66.2 Å². The van der Waals surface area contributed by atoms with Crippen molar-refractivity contribution in [3.63, 3.8) is 0 Å². The van der Waals surface area contributed by atoms with Gasteiger partial charge in [-0.25, -0.2) is 4.39 Å². The van der Waals surface area contributed by atoms with Crippen LogP contribution in [-0.2, 0) is 6.61 Å². The summed E-state index contributed by atoms with van der Waals surface area (Å²) in [4.78, 5) is 0. The van der Waals surface area contributed by atoms with Gasteiger partial charge < -0.3 is 9.15 Å². The van der Waals surface area contributed by atoms with Gasteiger partial charge in [-0.05, 0) is 30.3 Å². The van der Waals surface area contributed by atoms with Crippen molar-refractivity contribution in [2.75, 3.05) is 0 Å². The molecule has 1 aromatic heterocycles. The van der Waals surface area contributed by atoms with Crippen LogP contribution in [0.1, 0.15) is 5.56 Å². The van der Waals surface area contributed by atoms with Gasteiger partial charge in [-0.15, -0.1) is 0 Å². The zero-order valence-corrected chi connectivity index (χ0v) is 9.60. The zero-order valence-electron chi connectivity index (χ0n) is 9.60. The van der Waals surface area contributed by atoms with Crippen molar-refractivity contribution in [1.82, 2.24) is 0 Å². The second-order valence-electron chi connectivity index (χ2n) is 4.00. The third-order valence-corrected chi connectivity index (χ3v) is 2.77. The van der Waals surface area contributed by atoms with Gasteiger partial charge in [-0.2, -0.15) is 0 Å². The van der Waals surface area contributed by atoms with Crippen molar-refractivity contribution < 1.29 is 13.5 Å². The van der Waals surface area contributed by atoms with E-state index >= 15 is 0 Å².